The highest BCUT2D eigenvalue weighted by atomic mass is 79.9. The molecular weight excluding hydrogens is 356 g/mol. The second-order valence-corrected chi connectivity index (χ2v) is 6.60. The van der Waals surface area contributed by atoms with E-state index in [4.69, 9.17) is 4.74 Å². The summed E-state index contributed by atoms with van der Waals surface area (Å²) in [5.74, 6) is -0.694. The third-order valence-electron chi connectivity index (χ3n) is 2.78. The molecule has 1 amide bonds. The van der Waals surface area contributed by atoms with Crippen molar-refractivity contribution in [1.82, 2.24) is 4.57 Å². The first-order valence-corrected chi connectivity index (χ1v) is 7.94. The Bertz CT molecular complexity index is 690. The molecule has 0 spiro atoms. The van der Waals surface area contributed by atoms with Crippen LogP contribution < -0.4 is 5.32 Å². The summed E-state index contributed by atoms with van der Waals surface area (Å²) in [5.41, 5.74) is 0.892. The number of hydrogen-bond donors (Lipinski definition) is 1. The first-order valence-electron chi connectivity index (χ1n) is 6.33. The maximum absolute atomic E-state index is 12.3. The average Bonchev–Trinajstić information content (AvgIpc) is 2.92. The van der Waals surface area contributed by atoms with Gasteiger partial charge < -0.3 is 14.6 Å². The van der Waals surface area contributed by atoms with Gasteiger partial charge in [-0.25, -0.2) is 4.79 Å². The lowest BCUT2D eigenvalue weighted by molar-refractivity contribution is 0.0528. The van der Waals surface area contributed by atoms with Gasteiger partial charge in [0, 0.05) is 22.6 Å². The summed E-state index contributed by atoms with van der Waals surface area (Å²) >= 11 is 4.68. The number of carbonyl (C=O) groups is 2. The minimum absolute atomic E-state index is 0.268. The maximum Gasteiger partial charge on any atom is 0.341 e. The molecule has 0 radical (unpaired) electrons. The Morgan fingerprint density at radius 3 is 2.71 bits per heavy atom. The highest BCUT2D eigenvalue weighted by Gasteiger charge is 2.19. The topological polar surface area (TPSA) is 60.3 Å². The first kappa shape index (κ1) is 15.8. The predicted molar refractivity (Wildman–Crippen MR) is 86.1 cm³/mol. The van der Waals surface area contributed by atoms with E-state index in [1.807, 2.05) is 6.92 Å². The fraction of sp³-hybridized carbons (Fsp3) is 0.286. The van der Waals surface area contributed by atoms with Crippen molar-refractivity contribution in [3.05, 3.63) is 38.9 Å². The Labute approximate surface area is 135 Å². The quantitative estimate of drug-likeness (QED) is 0.836. The van der Waals surface area contributed by atoms with Crippen molar-refractivity contribution in [2.45, 2.75) is 13.8 Å². The predicted octanol–water partition coefficient (Wildman–Crippen LogP) is 3.59. The molecule has 0 atom stereocenters. The Kier molecular flexibility index (Phi) is 4.84. The molecule has 2 rings (SSSR count). The lowest BCUT2D eigenvalue weighted by atomic mass is 10.3. The van der Waals surface area contributed by atoms with Gasteiger partial charge in [0.1, 0.15) is 10.7 Å². The smallest absolute Gasteiger partial charge is 0.341 e. The molecular formula is C14H15BrN2O3S. The van der Waals surface area contributed by atoms with Crippen LogP contribution in [0.25, 0.3) is 0 Å². The number of hydrogen-bond acceptors (Lipinski definition) is 4. The molecule has 0 saturated heterocycles. The number of halogens is 1. The minimum Gasteiger partial charge on any atom is -0.462 e. The highest BCUT2D eigenvalue weighted by molar-refractivity contribution is 9.10. The second-order valence-electron chi connectivity index (χ2n) is 4.43. The van der Waals surface area contributed by atoms with Gasteiger partial charge in [-0.05, 0) is 41.9 Å². The number of rotatable bonds is 4. The molecule has 2 aromatic heterocycles. The van der Waals surface area contributed by atoms with E-state index >= 15 is 0 Å². The van der Waals surface area contributed by atoms with Crippen LogP contribution in [-0.2, 0) is 11.8 Å². The van der Waals surface area contributed by atoms with Gasteiger partial charge in [0.05, 0.1) is 12.2 Å². The van der Waals surface area contributed by atoms with Crippen LogP contribution in [0.15, 0.2) is 22.8 Å². The van der Waals surface area contributed by atoms with E-state index in [-0.39, 0.29) is 5.91 Å². The van der Waals surface area contributed by atoms with Crippen molar-refractivity contribution in [3.63, 3.8) is 0 Å². The molecule has 5 nitrogen and oxygen atoms in total. The molecule has 1 N–H and O–H groups in total. The third kappa shape index (κ3) is 3.54. The summed E-state index contributed by atoms with van der Waals surface area (Å²) in [6, 6.07) is 3.44. The molecule has 2 aromatic rings. The van der Waals surface area contributed by atoms with Crippen molar-refractivity contribution in [2.24, 2.45) is 7.05 Å². The van der Waals surface area contributed by atoms with Crippen molar-refractivity contribution >= 4 is 44.1 Å². The van der Waals surface area contributed by atoms with E-state index in [1.54, 1.807) is 36.9 Å². The van der Waals surface area contributed by atoms with Gasteiger partial charge in [-0.1, -0.05) is 0 Å². The number of aryl methyl sites for hydroxylation is 2. The molecule has 0 aliphatic carbocycles. The molecule has 7 heteroatoms. The summed E-state index contributed by atoms with van der Waals surface area (Å²) in [7, 11) is 1.78. The number of thiophene rings is 1. The number of anilines is 1. The molecule has 0 fully saturated rings. The van der Waals surface area contributed by atoms with Crippen molar-refractivity contribution in [2.75, 3.05) is 11.9 Å². The molecule has 112 valence electrons. The van der Waals surface area contributed by atoms with E-state index in [2.05, 4.69) is 21.2 Å². The monoisotopic (exact) mass is 370 g/mol. The summed E-state index contributed by atoms with van der Waals surface area (Å²) < 4.78 is 7.54. The second kappa shape index (κ2) is 6.44. The van der Waals surface area contributed by atoms with Crippen LogP contribution in [0.2, 0.25) is 0 Å². The number of nitrogens with zero attached hydrogens (tertiary/aromatic N) is 1. The van der Waals surface area contributed by atoms with Gasteiger partial charge in [-0.3, -0.25) is 4.79 Å². The van der Waals surface area contributed by atoms with Gasteiger partial charge in [0.15, 0.2) is 0 Å². The van der Waals surface area contributed by atoms with Crippen molar-refractivity contribution in [1.29, 1.82) is 0 Å². The Morgan fingerprint density at radius 2 is 2.14 bits per heavy atom. The fourth-order valence-electron chi connectivity index (χ4n) is 1.88. The number of ether oxygens (including phenoxy) is 1. The van der Waals surface area contributed by atoms with Crippen molar-refractivity contribution in [3.8, 4) is 0 Å². The number of esters is 1. The Balaban J connectivity index is 2.25. The van der Waals surface area contributed by atoms with Gasteiger partial charge in [0.25, 0.3) is 5.91 Å². The minimum atomic E-state index is -0.426. The Morgan fingerprint density at radius 1 is 1.43 bits per heavy atom. The lowest BCUT2D eigenvalue weighted by Gasteiger charge is -2.06. The van der Waals surface area contributed by atoms with E-state index in [0.717, 1.165) is 9.35 Å². The normalized spacial score (nSPS) is 10.5. The van der Waals surface area contributed by atoms with Crippen LogP contribution in [0, 0.1) is 6.92 Å². The summed E-state index contributed by atoms with van der Waals surface area (Å²) in [4.78, 5) is 25.1. The maximum atomic E-state index is 12.3. The summed E-state index contributed by atoms with van der Waals surface area (Å²) in [6.07, 6.45) is 1.79. The van der Waals surface area contributed by atoms with Gasteiger partial charge in [-0.2, -0.15) is 0 Å². The van der Waals surface area contributed by atoms with Gasteiger partial charge in [-0.15, -0.1) is 11.3 Å². The van der Waals surface area contributed by atoms with E-state index in [0.29, 0.717) is 22.9 Å². The Hall–Kier alpha value is -1.60. The van der Waals surface area contributed by atoms with Gasteiger partial charge >= 0.3 is 5.97 Å². The zero-order chi connectivity index (χ0) is 15.6. The van der Waals surface area contributed by atoms with Crippen LogP contribution in [0.3, 0.4) is 0 Å². The molecule has 0 unspecified atom stereocenters. The van der Waals surface area contributed by atoms with Crippen molar-refractivity contribution < 1.29 is 14.3 Å². The molecule has 0 bridgehead atoms. The van der Waals surface area contributed by atoms with Crippen LogP contribution in [0.4, 0.5) is 5.00 Å². The molecule has 21 heavy (non-hydrogen) atoms. The van der Waals surface area contributed by atoms with E-state index in [1.165, 1.54) is 11.3 Å². The van der Waals surface area contributed by atoms with E-state index in [9.17, 15) is 9.59 Å². The molecule has 0 aromatic carbocycles. The molecule has 0 aliphatic rings. The number of carbonyl (C=O) groups excluding carboxylic acids is 2. The molecule has 0 saturated carbocycles. The standard InChI is InChI=1S/C14H15BrN2O3S/c1-4-20-14(19)10-5-8(2)21-13(10)16-12(18)11-6-9(15)7-17(11)3/h5-7H,4H2,1-3H3,(H,16,18). The van der Waals surface area contributed by atoms with Crippen LogP contribution in [-0.4, -0.2) is 23.1 Å². The average molecular weight is 371 g/mol. The highest BCUT2D eigenvalue weighted by Crippen LogP contribution is 2.29. The SMILES string of the molecule is CCOC(=O)c1cc(C)sc1NC(=O)c1cc(Br)cn1C. The first-order chi connectivity index (χ1) is 9.92. The number of nitrogens with one attached hydrogen (secondary N) is 1. The number of amides is 1. The van der Waals surface area contributed by atoms with Crippen LogP contribution in [0.1, 0.15) is 32.6 Å². The zero-order valence-corrected chi connectivity index (χ0v) is 14.3. The van der Waals surface area contributed by atoms with E-state index < -0.39 is 5.97 Å². The summed E-state index contributed by atoms with van der Waals surface area (Å²) in [6.45, 7) is 3.92. The largest absolute Gasteiger partial charge is 0.462 e. The van der Waals surface area contributed by atoms with Crippen LogP contribution in [0.5, 0.6) is 0 Å². The lowest BCUT2D eigenvalue weighted by Crippen LogP contribution is -2.16. The molecule has 2 heterocycles. The van der Waals surface area contributed by atoms with Crippen LogP contribution >= 0.6 is 27.3 Å². The summed E-state index contributed by atoms with van der Waals surface area (Å²) in [5, 5.41) is 3.29. The van der Waals surface area contributed by atoms with Gasteiger partial charge in [0.2, 0.25) is 0 Å². The number of aromatic nitrogens is 1. The fourth-order valence-corrected chi connectivity index (χ4v) is 3.30. The molecule has 0 aliphatic heterocycles. The third-order valence-corrected chi connectivity index (χ3v) is 4.18. The zero-order valence-electron chi connectivity index (χ0n) is 11.9.